The van der Waals surface area contributed by atoms with Crippen molar-refractivity contribution in [2.45, 2.75) is 38.8 Å². The van der Waals surface area contributed by atoms with Gasteiger partial charge in [0.05, 0.1) is 6.04 Å². The quantitative estimate of drug-likeness (QED) is 0.582. The summed E-state index contributed by atoms with van der Waals surface area (Å²) in [7, 11) is 1.33. The Balaban J connectivity index is 2.24. The normalized spacial score (nSPS) is 12.4. The molecule has 0 fully saturated rings. The number of carbonyl (C=O) groups is 2. The number of methoxy groups -OCH3 is 1. The van der Waals surface area contributed by atoms with Crippen LogP contribution in [0.25, 0.3) is 0 Å². The minimum absolute atomic E-state index is 0.00753. The number of hydrogen-bond donors (Lipinski definition) is 2. The molecular weight excluding hydrogens is 415 g/mol. The number of ketones is 1. The second kappa shape index (κ2) is 9.78. The molecule has 2 rings (SSSR count). The molecular formula is C21H24F3N3O4. The molecule has 1 aromatic carbocycles. The molecule has 1 atom stereocenters. The van der Waals surface area contributed by atoms with Crippen LogP contribution >= 0.6 is 0 Å². The van der Waals surface area contributed by atoms with Crippen molar-refractivity contribution in [3.05, 3.63) is 53.0 Å². The Hall–Kier alpha value is -3.14. The van der Waals surface area contributed by atoms with Gasteiger partial charge in [0.2, 0.25) is 5.82 Å². The number of amides is 1. The van der Waals surface area contributed by atoms with Crippen LogP contribution in [-0.2, 0) is 20.7 Å². The molecule has 0 aliphatic carbocycles. The van der Waals surface area contributed by atoms with E-state index in [1.165, 1.54) is 40.1 Å². The van der Waals surface area contributed by atoms with Crippen LogP contribution in [0.3, 0.4) is 0 Å². The first kappa shape index (κ1) is 24.1. The number of benzene rings is 1. The zero-order chi connectivity index (χ0) is 23.3. The summed E-state index contributed by atoms with van der Waals surface area (Å²) in [4.78, 5) is 29.1. The molecule has 0 aliphatic rings. The Morgan fingerprint density at radius 1 is 1.23 bits per heavy atom. The van der Waals surface area contributed by atoms with E-state index < -0.39 is 53.1 Å². The monoisotopic (exact) mass is 439 g/mol. The van der Waals surface area contributed by atoms with Crippen LogP contribution in [0.5, 0.6) is 5.75 Å². The molecule has 3 N–H and O–H groups in total. The lowest BCUT2D eigenvalue weighted by Crippen LogP contribution is -2.52. The first-order chi connectivity index (χ1) is 14.5. The van der Waals surface area contributed by atoms with E-state index in [9.17, 15) is 22.8 Å². The van der Waals surface area contributed by atoms with Gasteiger partial charge in [-0.25, -0.2) is 13.8 Å². The number of Topliss-reactive ketones (excluding diaryl/α,β-unsaturated/α-hetero) is 1. The van der Waals surface area contributed by atoms with Gasteiger partial charge in [-0.15, -0.1) is 0 Å². The molecule has 31 heavy (non-hydrogen) atoms. The molecule has 10 heteroatoms. The summed E-state index contributed by atoms with van der Waals surface area (Å²) in [6.07, 6.45) is 1.44. The van der Waals surface area contributed by atoms with Gasteiger partial charge in [0.15, 0.2) is 23.2 Å². The molecule has 1 amide bonds. The van der Waals surface area contributed by atoms with Crippen LogP contribution in [0.1, 0.15) is 25.0 Å². The number of pyridine rings is 1. The first-order valence-electron chi connectivity index (χ1n) is 9.32. The summed E-state index contributed by atoms with van der Waals surface area (Å²) in [6, 6.07) is 2.66. The molecule has 168 valence electrons. The maximum absolute atomic E-state index is 14.1. The van der Waals surface area contributed by atoms with Crippen molar-refractivity contribution in [3.63, 3.8) is 0 Å². The van der Waals surface area contributed by atoms with E-state index in [0.29, 0.717) is 11.6 Å². The number of halogens is 3. The predicted molar refractivity (Wildman–Crippen MR) is 107 cm³/mol. The summed E-state index contributed by atoms with van der Waals surface area (Å²) < 4.78 is 51.7. The Morgan fingerprint density at radius 2 is 1.90 bits per heavy atom. The van der Waals surface area contributed by atoms with Crippen LogP contribution in [-0.4, -0.2) is 42.0 Å². The molecule has 0 saturated heterocycles. The Bertz CT molecular complexity index is 956. The van der Waals surface area contributed by atoms with E-state index in [1.807, 2.05) is 0 Å². The number of nitrogens with one attached hydrogen (secondary N) is 1. The third-order valence-electron chi connectivity index (χ3n) is 4.69. The molecule has 1 aromatic heterocycles. The third kappa shape index (κ3) is 5.94. The maximum Gasteiger partial charge on any atom is 0.252 e. The number of carbonyl (C=O) groups excluding carboxylic acids is 2. The molecule has 2 aromatic rings. The summed E-state index contributed by atoms with van der Waals surface area (Å²) >= 11 is 0. The number of anilines is 1. The van der Waals surface area contributed by atoms with Crippen molar-refractivity contribution in [3.8, 4) is 5.75 Å². The van der Waals surface area contributed by atoms with E-state index in [0.717, 1.165) is 0 Å². The summed E-state index contributed by atoms with van der Waals surface area (Å²) in [5, 5.41) is 2.55. The standard InChI is InChI=1S/C21H24F3N3O4/c1-11-7-13(22)18(24)19(17(11)23)31-10-15(28)14(27-20(29)21(2,3)30-4)8-12-5-6-26-16(25)9-12/h5-7,9,14H,8,10H2,1-4H3,(H2,25,26)(H,27,29). The highest BCUT2D eigenvalue weighted by atomic mass is 19.2. The minimum Gasteiger partial charge on any atom is -0.480 e. The zero-order valence-electron chi connectivity index (χ0n) is 17.6. The van der Waals surface area contributed by atoms with Crippen molar-refractivity contribution in [2.75, 3.05) is 19.5 Å². The fraction of sp³-hybridized carbons (Fsp3) is 0.381. The molecule has 0 saturated carbocycles. The number of nitrogens with two attached hydrogens (primary N) is 1. The van der Waals surface area contributed by atoms with Gasteiger partial charge in [-0.1, -0.05) is 0 Å². The highest BCUT2D eigenvalue weighted by Gasteiger charge is 2.32. The number of hydrogen-bond acceptors (Lipinski definition) is 6. The van der Waals surface area contributed by atoms with Gasteiger partial charge >= 0.3 is 0 Å². The Kier molecular flexibility index (Phi) is 7.61. The molecule has 7 nitrogen and oxygen atoms in total. The van der Waals surface area contributed by atoms with E-state index >= 15 is 0 Å². The highest BCUT2D eigenvalue weighted by molar-refractivity contribution is 5.92. The number of aryl methyl sites for hydroxylation is 1. The number of aromatic nitrogens is 1. The Morgan fingerprint density at radius 3 is 2.52 bits per heavy atom. The second-order valence-electron chi connectivity index (χ2n) is 7.42. The molecule has 0 spiro atoms. The van der Waals surface area contributed by atoms with E-state index in [4.69, 9.17) is 15.2 Å². The lowest BCUT2D eigenvalue weighted by atomic mass is 10.0. The van der Waals surface area contributed by atoms with Gasteiger partial charge in [0.25, 0.3) is 5.91 Å². The van der Waals surface area contributed by atoms with Crippen molar-refractivity contribution in [1.82, 2.24) is 10.3 Å². The number of nitrogens with zero attached hydrogens (tertiary/aromatic N) is 1. The average Bonchev–Trinajstić information content (AvgIpc) is 2.71. The Labute approximate surface area is 177 Å². The summed E-state index contributed by atoms with van der Waals surface area (Å²) in [5.74, 6) is -6.04. The van der Waals surface area contributed by atoms with Gasteiger partial charge in [-0.05, 0) is 50.1 Å². The summed E-state index contributed by atoms with van der Waals surface area (Å²) in [5.41, 5.74) is 4.81. The van der Waals surface area contributed by atoms with Gasteiger partial charge in [-0.3, -0.25) is 9.59 Å². The molecule has 1 unspecified atom stereocenters. The smallest absolute Gasteiger partial charge is 0.252 e. The van der Waals surface area contributed by atoms with Crippen LogP contribution in [0.15, 0.2) is 24.4 Å². The largest absolute Gasteiger partial charge is 0.480 e. The molecule has 0 radical (unpaired) electrons. The van der Waals surface area contributed by atoms with Crippen LogP contribution < -0.4 is 15.8 Å². The minimum atomic E-state index is -1.54. The summed E-state index contributed by atoms with van der Waals surface area (Å²) in [6.45, 7) is 3.43. The van der Waals surface area contributed by atoms with Crippen LogP contribution in [0, 0.1) is 24.4 Å². The van der Waals surface area contributed by atoms with E-state index in [2.05, 4.69) is 10.3 Å². The number of nitrogen functional groups attached to an aromatic ring is 1. The fourth-order valence-corrected chi connectivity index (χ4v) is 2.60. The van der Waals surface area contributed by atoms with Gasteiger partial charge < -0.3 is 20.5 Å². The third-order valence-corrected chi connectivity index (χ3v) is 4.69. The molecule has 0 aliphatic heterocycles. The fourth-order valence-electron chi connectivity index (χ4n) is 2.60. The van der Waals surface area contributed by atoms with Gasteiger partial charge in [0.1, 0.15) is 18.0 Å². The molecule has 1 heterocycles. The van der Waals surface area contributed by atoms with Crippen LogP contribution in [0.4, 0.5) is 19.0 Å². The average molecular weight is 439 g/mol. The number of rotatable bonds is 9. The zero-order valence-corrected chi connectivity index (χ0v) is 17.6. The van der Waals surface area contributed by atoms with Crippen molar-refractivity contribution in [1.29, 1.82) is 0 Å². The maximum atomic E-state index is 14.1. The van der Waals surface area contributed by atoms with E-state index in [-0.39, 0.29) is 17.8 Å². The predicted octanol–water partition coefficient (Wildman–Crippen LogP) is 2.49. The molecule has 0 bridgehead atoms. The van der Waals surface area contributed by atoms with Gasteiger partial charge in [0, 0.05) is 19.7 Å². The van der Waals surface area contributed by atoms with Gasteiger partial charge in [-0.2, -0.15) is 4.39 Å². The number of ether oxygens (including phenoxy) is 2. The highest BCUT2D eigenvalue weighted by Crippen LogP contribution is 2.27. The lowest BCUT2D eigenvalue weighted by Gasteiger charge is -2.26. The second-order valence-corrected chi connectivity index (χ2v) is 7.42. The topological polar surface area (TPSA) is 104 Å². The van der Waals surface area contributed by atoms with Crippen LogP contribution in [0.2, 0.25) is 0 Å². The lowest BCUT2D eigenvalue weighted by molar-refractivity contribution is -0.142. The van der Waals surface area contributed by atoms with Crippen molar-refractivity contribution in [2.24, 2.45) is 0 Å². The van der Waals surface area contributed by atoms with E-state index in [1.54, 1.807) is 6.07 Å². The van der Waals surface area contributed by atoms with Crippen molar-refractivity contribution >= 4 is 17.5 Å². The SMILES string of the molecule is COC(C)(C)C(=O)NC(Cc1ccnc(N)c1)C(=O)COc1c(F)c(C)cc(F)c1F. The van der Waals surface area contributed by atoms with Crippen molar-refractivity contribution < 1.29 is 32.2 Å². The first-order valence-corrected chi connectivity index (χ1v) is 9.32.